The van der Waals surface area contributed by atoms with Crippen LogP contribution in [0.15, 0.2) is 24.3 Å². The highest BCUT2D eigenvalue weighted by Crippen LogP contribution is 2.24. The predicted octanol–water partition coefficient (Wildman–Crippen LogP) is 3.25. The molecule has 0 saturated heterocycles. The summed E-state index contributed by atoms with van der Waals surface area (Å²) in [6, 6.07) is 10.0. The normalized spacial score (nSPS) is 10.6. The molecule has 1 aromatic heterocycles. The summed E-state index contributed by atoms with van der Waals surface area (Å²) >= 11 is 0. The van der Waals surface area contributed by atoms with Gasteiger partial charge in [0.2, 0.25) is 0 Å². The smallest absolute Gasteiger partial charge is 0.140 e. The van der Waals surface area contributed by atoms with Gasteiger partial charge in [-0.3, -0.25) is 0 Å². The number of hydrogen-bond donors (Lipinski definition) is 0. The van der Waals surface area contributed by atoms with Crippen LogP contribution in [0.1, 0.15) is 25.2 Å². The Balaban J connectivity index is 2.32. The van der Waals surface area contributed by atoms with E-state index in [9.17, 15) is 0 Å². The van der Waals surface area contributed by atoms with Gasteiger partial charge in [0, 0.05) is 18.3 Å². The molecule has 0 saturated carbocycles. The SMILES string of the molecule is Cc1c(CC#N)nc(-c2ccc(OC(C)C)cc2)n1C. The number of benzene rings is 1. The van der Waals surface area contributed by atoms with E-state index in [-0.39, 0.29) is 6.10 Å². The first-order valence-corrected chi connectivity index (χ1v) is 6.69. The summed E-state index contributed by atoms with van der Waals surface area (Å²) in [4.78, 5) is 4.56. The third-order valence-electron chi connectivity index (χ3n) is 3.21. The summed E-state index contributed by atoms with van der Waals surface area (Å²) in [5.41, 5.74) is 2.90. The van der Waals surface area contributed by atoms with Gasteiger partial charge in [0.05, 0.1) is 24.3 Å². The van der Waals surface area contributed by atoms with Gasteiger partial charge < -0.3 is 9.30 Å². The fourth-order valence-electron chi connectivity index (χ4n) is 2.09. The van der Waals surface area contributed by atoms with Crippen molar-refractivity contribution in [3.8, 4) is 23.2 Å². The molecule has 0 aliphatic rings. The molecule has 20 heavy (non-hydrogen) atoms. The fraction of sp³-hybridized carbons (Fsp3) is 0.375. The molecule has 2 aromatic rings. The zero-order valence-corrected chi connectivity index (χ0v) is 12.3. The summed E-state index contributed by atoms with van der Waals surface area (Å²) in [6.45, 7) is 5.99. The van der Waals surface area contributed by atoms with E-state index < -0.39 is 0 Å². The van der Waals surface area contributed by atoms with E-state index in [1.54, 1.807) is 0 Å². The average Bonchev–Trinajstić information content (AvgIpc) is 2.68. The monoisotopic (exact) mass is 269 g/mol. The summed E-state index contributed by atoms with van der Waals surface area (Å²) in [5.74, 6) is 1.73. The first kappa shape index (κ1) is 14.1. The maximum absolute atomic E-state index is 8.82. The molecule has 1 heterocycles. The zero-order chi connectivity index (χ0) is 14.7. The number of hydrogen-bond acceptors (Lipinski definition) is 3. The van der Waals surface area contributed by atoms with Crippen LogP contribution in [0.3, 0.4) is 0 Å². The van der Waals surface area contributed by atoms with Gasteiger partial charge in [-0.05, 0) is 45.0 Å². The van der Waals surface area contributed by atoms with E-state index >= 15 is 0 Å². The number of imidazole rings is 1. The molecule has 0 bridgehead atoms. The molecule has 0 aliphatic carbocycles. The molecular formula is C16H19N3O. The summed E-state index contributed by atoms with van der Waals surface area (Å²) < 4.78 is 7.65. The lowest BCUT2D eigenvalue weighted by atomic mass is 10.2. The van der Waals surface area contributed by atoms with E-state index in [0.29, 0.717) is 6.42 Å². The fourth-order valence-corrected chi connectivity index (χ4v) is 2.09. The molecule has 0 N–H and O–H groups in total. The third kappa shape index (κ3) is 2.83. The first-order chi connectivity index (χ1) is 9.52. The summed E-state index contributed by atoms with van der Waals surface area (Å²) in [6.07, 6.45) is 0.507. The molecule has 0 amide bonds. The molecule has 1 aromatic carbocycles. The number of ether oxygens (including phenoxy) is 1. The van der Waals surface area contributed by atoms with Gasteiger partial charge in [-0.2, -0.15) is 5.26 Å². The van der Waals surface area contributed by atoms with Crippen molar-refractivity contribution in [1.82, 2.24) is 9.55 Å². The van der Waals surface area contributed by atoms with Gasteiger partial charge in [0.1, 0.15) is 11.6 Å². The van der Waals surface area contributed by atoms with Crippen LogP contribution < -0.4 is 4.74 Å². The Kier molecular flexibility index (Phi) is 4.09. The third-order valence-corrected chi connectivity index (χ3v) is 3.21. The quantitative estimate of drug-likeness (QED) is 0.856. The second-order valence-electron chi connectivity index (χ2n) is 5.05. The van der Waals surface area contributed by atoms with Crippen LogP contribution in [0.25, 0.3) is 11.4 Å². The van der Waals surface area contributed by atoms with Crippen molar-refractivity contribution in [3.05, 3.63) is 35.7 Å². The van der Waals surface area contributed by atoms with E-state index in [4.69, 9.17) is 10.00 Å². The maximum Gasteiger partial charge on any atom is 0.140 e. The van der Waals surface area contributed by atoms with Crippen molar-refractivity contribution in [1.29, 1.82) is 5.26 Å². The van der Waals surface area contributed by atoms with Gasteiger partial charge in [-0.25, -0.2) is 4.98 Å². The van der Waals surface area contributed by atoms with E-state index in [0.717, 1.165) is 28.5 Å². The second kappa shape index (κ2) is 5.79. The molecule has 4 heteroatoms. The number of nitrogens with zero attached hydrogens (tertiary/aromatic N) is 3. The minimum absolute atomic E-state index is 0.165. The standard InChI is InChI=1S/C16H19N3O/c1-11(2)20-14-7-5-13(6-8-14)16-18-15(9-10-17)12(3)19(16)4/h5-8,11H,9H2,1-4H3. The highest BCUT2D eigenvalue weighted by molar-refractivity contribution is 5.58. The molecule has 2 rings (SSSR count). The van der Waals surface area contributed by atoms with Gasteiger partial charge in [0.25, 0.3) is 0 Å². The Morgan fingerprint density at radius 1 is 1.30 bits per heavy atom. The van der Waals surface area contributed by atoms with Crippen LogP contribution in [0.4, 0.5) is 0 Å². The molecule has 0 atom stereocenters. The van der Waals surface area contributed by atoms with E-state index in [2.05, 4.69) is 11.1 Å². The van der Waals surface area contributed by atoms with Crippen LogP contribution in [0, 0.1) is 18.3 Å². The Labute approximate surface area is 119 Å². The molecule has 0 radical (unpaired) electrons. The van der Waals surface area contributed by atoms with Gasteiger partial charge in [-0.1, -0.05) is 0 Å². The number of aromatic nitrogens is 2. The van der Waals surface area contributed by atoms with Crippen molar-refractivity contribution in [2.24, 2.45) is 7.05 Å². The molecule has 0 unspecified atom stereocenters. The minimum Gasteiger partial charge on any atom is -0.491 e. The molecule has 0 aliphatic heterocycles. The molecule has 0 fully saturated rings. The molecule has 0 spiro atoms. The molecular weight excluding hydrogens is 250 g/mol. The first-order valence-electron chi connectivity index (χ1n) is 6.69. The molecule has 4 nitrogen and oxygen atoms in total. The van der Waals surface area contributed by atoms with Gasteiger partial charge in [0.15, 0.2) is 0 Å². The lowest BCUT2D eigenvalue weighted by Gasteiger charge is -2.10. The lowest BCUT2D eigenvalue weighted by molar-refractivity contribution is 0.242. The maximum atomic E-state index is 8.82. The molecule has 104 valence electrons. The topological polar surface area (TPSA) is 50.8 Å². The zero-order valence-electron chi connectivity index (χ0n) is 12.3. The van der Waals surface area contributed by atoms with Crippen molar-refractivity contribution < 1.29 is 4.74 Å². The number of nitriles is 1. The van der Waals surface area contributed by atoms with Crippen LogP contribution in [-0.4, -0.2) is 15.7 Å². The van der Waals surface area contributed by atoms with Crippen LogP contribution in [0.2, 0.25) is 0 Å². The largest absolute Gasteiger partial charge is 0.491 e. The van der Waals surface area contributed by atoms with Crippen molar-refractivity contribution in [2.45, 2.75) is 33.3 Å². The predicted molar refractivity (Wildman–Crippen MR) is 78.5 cm³/mol. The Bertz CT molecular complexity index is 633. The van der Waals surface area contributed by atoms with Gasteiger partial charge >= 0.3 is 0 Å². The highest BCUT2D eigenvalue weighted by Gasteiger charge is 2.12. The van der Waals surface area contributed by atoms with Crippen LogP contribution >= 0.6 is 0 Å². The van der Waals surface area contributed by atoms with E-state index in [1.807, 2.05) is 56.7 Å². The van der Waals surface area contributed by atoms with Crippen LogP contribution in [0.5, 0.6) is 5.75 Å². The van der Waals surface area contributed by atoms with Crippen molar-refractivity contribution in [2.75, 3.05) is 0 Å². The minimum atomic E-state index is 0.165. The highest BCUT2D eigenvalue weighted by atomic mass is 16.5. The number of rotatable bonds is 4. The lowest BCUT2D eigenvalue weighted by Crippen LogP contribution is -2.05. The van der Waals surface area contributed by atoms with Crippen molar-refractivity contribution >= 4 is 0 Å². The van der Waals surface area contributed by atoms with Crippen LogP contribution in [-0.2, 0) is 13.5 Å². The average molecular weight is 269 g/mol. The van der Waals surface area contributed by atoms with Crippen molar-refractivity contribution in [3.63, 3.8) is 0 Å². The Morgan fingerprint density at radius 3 is 2.50 bits per heavy atom. The second-order valence-corrected chi connectivity index (χ2v) is 5.05. The summed E-state index contributed by atoms with van der Waals surface area (Å²) in [7, 11) is 1.97. The Morgan fingerprint density at radius 2 is 1.95 bits per heavy atom. The Hall–Kier alpha value is -2.28. The summed E-state index contributed by atoms with van der Waals surface area (Å²) in [5, 5.41) is 8.82. The van der Waals surface area contributed by atoms with Gasteiger partial charge in [-0.15, -0.1) is 0 Å². The van der Waals surface area contributed by atoms with E-state index in [1.165, 1.54) is 0 Å².